The number of nitrogens with zero attached hydrogens (tertiary/aromatic N) is 2. The molecule has 1 atom stereocenters. The third-order valence-corrected chi connectivity index (χ3v) is 5.14. The van der Waals surface area contributed by atoms with Crippen LogP contribution in [0.1, 0.15) is 18.1 Å². The van der Waals surface area contributed by atoms with Crippen molar-refractivity contribution in [3.63, 3.8) is 0 Å². The van der Waals surface area contributed by atoms with E-state index in [1.54, 1.807) is 0 Å². The molecule has 0 spiro atoms. The number of aryl methyl sites for hydroxylation is 1. The Kier molecular flexibility index (Phi) is 6.66. The monoisotopic (exact) mass is 380 g/mol. The highest BCUT2D eigenvalue weighted by atomic mass is 16.2. The highest BCUT2D eigenvalue weighted by Crippen LogP contribution is 2.18. The van der Waals surface area contributed by atoms with Gasteiger partial charge in [0.2, 0.25) is 5.91 Å². The SMILES string of the molecule is Cc1cccc(N2CCN(C(C)C(=O)NC(=O)NCc3ccccc3)CC2)c1. The quantitative estimate of drug-likeness (QED) is 0.837. The molecule has 0 bridgehead atoms. The summed E-state index contributed by atoms with van der Waals surface area (Å²) in [5, 5.41) is 5.18. The first-order valence-electron chi connectivity index (χ1n) is 9.71. The number of carbonyl (C=O) groups is 2. The molecule has 0 saturated carbocycles. The molecule has 0 radical (unpaired) electrons. The van der Waals surface area contributed by atoms with Gasteiger partial charge in [-0.25, -0.2) is 4.79 Å². The Labute approximate surface area is 166 Å². The van der Waals surface area contributed by atoms with Crippen LogP contribution in [0, 0.1) is 6.92 Å². The predicted octanol–water partition coefficient (Wildman–Crippen LogP) is 2.53. The van der Waals surface area contributed by atoms with Crippen LogP contribution in [0.4, 0.5) is 10.5 Å². The number of hydrogen-bond acceptors (Lipinski definition) is 4. The van der Waals surface area contributed by atoms with E-state index in [1.807, 2.05) is 37.3 Å². The second-order valence-corrected chi connectivity index (χ2v) is 7.20. The van der Waals surface area contributed by atoms with Crippen LogP contribution in [-0.4, -0.2) is 49.1 Å². The number of carbonyl (C=O) groups excluding carboxylic acids is 2. The zero-order valence-corrected chi connectivity index (χ0v) is 16.5. The Bertz CT molecular complexity index is 801. The zero-order chi connectivity index (χ0) is 19.9. The molecule has 0 aromatic heterocycles. The number of hydrogen-bond donors (Lipinski definition) is 2. The number of nitrogens with one attached hydrogen (secondary N) is 2. The van der Waals surface area contributed by atoms with Gasteiger partial charge in [-0.05, 0) is 37.1 Å². The van der Waals surface area contributed by atoms with Crippen molar-refractivity contribution >= 4 is 17.6 Å². The number of piperazine rings is 1. The van der Waals surface area contributed by atoms with E-state index < -0.39 is 6.03 Å². The van der Waals surface area contributed by atoms with Gasteiger partial charge < -0.3 is 10.2 Å². The third-order valence-electron chi connectivity index (χ3n) is 5.14. The molecule has 2 N–H and O–H groups in total. The number of imide groups is 1. The van der Waals surface area contributed by atoms with E-state index in [-0.39, 0.29) is 11.9 Å². The molecule has 1 fully saturated rings. The summed E-state index contributed by atoms with van der Waals surface area (Å²) in [5.74, 6) is -0.269. The summed E-state index contributed by atoms with van der Waals surface area (Å²) in [6, 6.07) is 17.3. The summed E-state index contributed by atoms with van der Waals surface area (Å²) in [4.78, 5) is 28.9. The number of anilines is 1. The van der Waals surface area contributed by atoms with Crippen molar-refractivity contribution in [1.82, 2.24) is 15.5 Å². The number of amides is 3. The van der Waals surface area contributed by atoms with Crippen molar-refractivity contribution in [1.29, 1.82) is 0 Å². The van der Waals surface area contributed by atoms with Gasteiger partial charge in [-0.15, -0.1) is 0 Å². The van der Waals surface area contributed by atoms with Crippen LogP contribution in [0.5, 0.6) is 0 Å². The first kappa shape index (κ1) is 19.9. The molecule has 1 aliphatic heterocycles. The Morgan fingerprint density at radius 2 is 1.71 bits per heavy atom. The first-order chi connectivity index (χ1) is 13.5. The zero-order valence-electron chi connectivity index (χ0n) is 16.5. The third kappa shape index (κ3) is 5.33. The fourth-order valence-electron chi connectivity index (χ4n) is 3.40. The topological polar surface area (TPSA) is 64.7 Å². The van der Waals surface area contributed by atoms with E-state index in [0.717, 1.165) is 31.7 Å². The van der Waals surface area contributed by atoms with E-state index in [4.69, 9.17) is 0 Å². The van der Waals surface area contributed by atoms with Gasteiger partial charge in [0.1, 0.15) is 0 Å². The van der Waals surface area contributed by atoms with Crippen molar-refractivity contribution in [2.75, 3.05) is 31.1 Å². The lowest BCUT2D eigenvalue weighted by atomic mass is 10.1. The van der Waals surface area contributed by atoms with E-state index >= 15 is 0 Å². The van der Waals surface area contributed by atoms with E-state index in [0.29, 0.717) is 6.54 Å². The molecule has 2 aromatic rings. The summed E-state index contributed by atoms with van der Waals surface area (Å²) in [7, 11) is 0. The van der Waals surface area contributed by atoms with Gasteiger partial charge in [-0.2, -0.15) is 0 Å². The fourth-order valence-corrected chi connectivity index (χ4v) is 3.40. The summed E-state index contributed by atoms with van der Waals surface area (Å²) in [6.07, 6.45) is 0. The molecule has 3 amide bonds. The number of rotatable bonds is 5. The molecule has 1 heterocycles. The number of benzene rings is 2. The van der Waals surface area contributed by atoms with Crippen molar-refractivity contribution in [2.24, 2.45) is 0 Å². The fraction of sp³-hybridized carbons (Fsp3) is 0.364. The summed E-state index contributed by atoms with van der Waals surface area (Å²) >= 11 is 0. The van der Waals surface area contributed by atoms with Crippen molar-refractivity contribution in [2.45, 2.75) is 26.4 Å². The minimum Gasteiger partial charge on any atom is -0.369 e. The first-order valence-corrected chi connectivity index (χ1v) is 9.71. The van der Waals surface area contributed by atoms with Crippen LogP contribution in [0.2, 0.25) is 0 Å². The van der Waals surface area contributed by atoms with Crippen molar-refractivity contribution in [3.05, 3.63) is 65.7 Å². The second-order valence-electron chi connectivity index (χ2n) is 7.20. The molecule has 6 heteroatoms. The van der Waals surface area contributed by atoms with Crippen molar-refractivity contribution in [3.8, 4) is 0 Å². The molecule has 1 aliphatic rings. The highest BCUT2D eigenvalue weighted by molar-refractivity contribution is 5.96. The molecule has 1 saturated heterocycles. The average molecular weight is 380 g/mol. The molecule has 1 unspecified atom stereocenters. The Morgan fingerprint density at radius 1 is 1.00 bits per heavy atom. The van der Waals surface area contributed by atoms with Gasteiger partial charge >= 0.3 is 6.03 Å². The van der Waals surface area contributed by atoms with Crippen LogP contribution in [0.25, 0.3) is 0 Å². The minimum absolute atomic E-state index is 0.269. The highest BCUT2D eigenvalue weighted by Gasteiger charge is 2.26. The minimum atomic E-state index is -0.459. The number of urea groups is 1. The maximum Gasteiger partial charge on any atom is 0.321 e. The van der Waals surface area contributed by atoms with Gasteiger partial charge in [0, 0.05) is 38.4 Å². The molecular weight excluding hydrogens is 352 g/mol. The van der Waals surface area contributed by atoms with Gasteiger partial charge in [-0.1, -0.05) is 42.5 Å². The summed E-state index contributed by atoms with van der Waals surface area (Å²) in [5.41, 5.74) is 3.46. The molecule has 6 nitrogen and oxygen atoms in total. The Balaban J connectivity index is 1.44. The smallest absolute Gasteiger partial charge is 0.321 e. The summed E-state index contributed by atoms with van der Waals surface area (Å²) < 4.78 is 0. The van der Waals surface area contributed by atoms with Crippen LogP contribution in [0.15, 0.2) is 54.6 Å². The molecule has 2 aromatic carbocycles. The molecule has 0 aliphatic carbocycles. The maximum absolute atomic E-state index is 12.4. The lowest BCUT2D eigenvalue weighted by Gasteiger charge is -2.38. The lowest BCUT2D eigenvalue weighted by Crippen LogP contribution is -2.55. The van der Waals surface area contributed by atoms with E-state index in [9.17, 15) is 9.59 Å². The van der Waals surface area contributed by atoms with E-state index in [1.165, 1.54) is 11.3 Å². The van der Waals surface area contributed by atoms with Crippen LogP contribution >= 0.6 is 0 Å². The molecule has 3 rings (SSSR count). The standard InChI is InChI=1S/C22H28N4O2/c1-17-7-6-10-20(15-17)26-13-11-25(12-14-26)18(2)21(27)24-22(28)23-16-19-8-4-3-5-9-19/h3-10,15,18H,11-14,16H2,1-2H3,(H2,23,24,27,28). The lowest BCUT2D eigenvalue weighted by molar-refractivity contribution is -0.124. The van der Waals surface area contributed by atoms with Gasteiger partial charge in [0.05, 0.1) is 6.04 Å². The van der Waals surface area contributed by atoms with Crippen LogP contribution in [-0.2, 0) is 11.3 Å². The van der Waals surface area contributed by atoms with Crippen molar-refractivity contribution < 1.29 is 9.59 Å². The largest absolute Gasteiger partial charge is 0.369 e. The Morgan fingerprint density at radius 3 is 2.39 bits per heavy atom. The molecular formula is C22H28N4O2. The second kappa shape index (κ2) is 9.37. The molecule has 28 heavy (non-hydrogen) atoms. The average Bonchev–Trinajstić information content (AvgIpc) is 2.72. The van der Waals surface area contributed by atoms with Gasteiger partial charge in [0.25, 0.3) is 0 Å². The Hall–Kier alpha value is -2.86. The predicted molar refractivity (Wildman–Crippen MR) is 111 cm³/mol. The normalized spacial score (nSPS) is 15.7. The summed E-state index contributed by atoms with van der Waals surface area (Å²) in [6.45, 7) is 7.63. The maximum atomic E-state index is 12.4. The van der Waals surface area contributed by atoms with Gasteiger partial charge in [0.15, 0.2) is 0 Å². The van der Waals surface area contributed by atoms with E-state index in [2.05, 4.69) is 51.6 Å². The van der Waals surface area contributed by atoms with Crippen LogP contribution in [0.3, 0.4) is 0 Å². The molecule has 148 valence electrons. The van der Waals surface area contributed by atoms with Gasteiger partial charge in [-0.3, -0.25) is 15.0 Å². The van der Waals surface area contributed by atoms with Crippen LogP contribution < -0.4 is 15.5 Å².